The molecule has 1 amide bonds. The fourth-order valence-electron chi connectivity index (χ4n) is 1.41. The summed E-state index contributed by atoms with van der Waals surface area (Å²) in [6, 6.07) is 1.92. The van der Waals surface area contributed by atoms with E-state index in [1.54, 1.807) is 22.7 Å². The maximum absolute atomic E-state index is 11.0. The van der Waals surface area contributed by atoms with Gasteiger partial charge in [0.1, 0.15) is 0 Å². The molecule has 0 aliphatic heterocycles. The van der Waals surface area contributed by atoms with Gasteiger partial charge in [0.25, 0.3) is 0 Å². The predicted octanol–water partition coefficient (Wildman–Crippen LogP) is 2.45. The van der Waals surface area contributed by atoms with E-state index in [0.29, 0.717) is 0 Å². The smallest absolute Gasteiger partial charge is 0.221 e. The minimum atomic E-state index is -0.0378. The largest absolute Gasteiger partial charge is 0.325 e. The summed E-state index contributed by atoms with van der Waals surface area (Å²) >= 11 is 3.23. The second kappa shape index (κ2) is 5.90. The van der Waals surface area contributed by atoms with Crippen LogP contribution in [0.5, 0.6) is 0 Å². The molecule has 2 heterocycles. The lowest BCUT2D eigenvalue weighted by atomic mass is 10.3. The quantitative estimate of drug-likeness (QED) is 0.875. The first-order valence-corrected chi connectivity index (χ1v) is 6.99. The van der Waals surface area contributed by atoms with Crippen LogP contribution in [-0.4, -0.2) is 10.9 Å². The Kier molecular flexibility index (Phi) is 4.24. The first kappa shape index (κ1) is 12.2. The number of nitrogens with one attached hydrogen (secondary N) is 2. The summed E-state index contributed by atoms with van der Waals surface area (Å²) in [7, 11) is 0. The van der Waals surface area contributed by atoms with Gasteiger partial charge in [0.05, 0.1) is 16.9 Å². The van der Waals surface area contributed by atoms with Crippen molar-refractivity contribution in [3.63, 3.8) is 0 Å². The molecule has 0 aliphatic rings. The van der Waals surface area contributed by atoms with E-state index in [1.807, 2.05) is 22.3 Å². The summed E-state index contributed by atoms with van der Waals surface area (Å²) in [5.74, 6) is -0.0378. The van der Waals surface area contributed by atoms with Crippen LogP contribution in [0.4, 0.5) is 5.69 Å². The zero-order valence-electron chi connectivity index (χ0n) is 9.40. The molecule has 0 aliphatic carbocycles. The molecule has 0 aromatic carbocycles. The van der Waals surface area contributed by atoms with Crippen LogP contribution in [0.1, 0.15) is 17.5 Å². The van der Waals surface area contributed by atoms with Crippen LogP contribution in [0.3, 0.4) is 0 Å². The zero-order chi connectivity index (χ0) is 12.1. The van der Waals surface area contributed by atoms with Crippen LogP contribution in [-0.2, 0) is 17.9 Å². The van der Waals surface area contributed by atoms with Crippen molar-refractivity contribution >= 4 is 34.3 Å². The third-order valence-electron chi connectivity index (χ3n) is 2.13. The van der Waals surface area contributed by atoms with E-state index >= 15 is 0 Å². The second-order valence-corrected chi connectivity index (χ2v) is 5.24. The van der Waals surface area contributed by atoms with Crippen LogP contribution >= 0.6 is 22.7 Å². The molecular formula is C11H13N3OS2. The molecule has 0 saturated heterocycles. The lowest BCUT2D eigenvalue weighted by Crippen LogP contribution is -2.14. The van der Waals surface area contributed by atoms with Gasteiger partial charge in [-0.25, -0.2) is 4.98 Å². The summed E-state index contributed by atoms with van der Waals surface area (Å²) < 4.78 is 0. The summed E-state index contributed by atoms with van der Waals surface area (Å²) in [5, 5.41) is 10.1. The van der Waals surface area contributed by atoms with Gasteiger partial charge in [0.15, 0.2) is 0 Å². The van der Waals surface area contributed by atoms with Gasteiger partial charge in [-0.1, -0.05) is 0 Å². The molecule has 0 unspecified atom stereocenters. The minimum Gasteiger partial charge on any atom is -0.325 e. The lowest BCUT2D eigenvalue weighted by molar-refractivity contribution is -0.114. The molecule has 4 nitrogen and oxygen atoms in total. The van der Waals surface area contributed by atoms with E-state index in [0.717, 1.165) is 29.3 Å². The topological polar surface area (TPSA) is 54.0 Å². The van der Waals surface area contributed by atoms with Gasteiger partial charge in [0.2, 0.25) is 5.91 Å². The molecule has 2 aromatic heterocycles. The molecule has 2 rings (SSSR count). The van der Waals surface area contributed by atoms with Gasteiger partial charge < -0.3 is 10.6 Å². The van der Waals surface area contributed by atoms with Crippen molar-refractivity contribution in [2.24, 2.45) is 0 Å². The average Bonchev–Trinajstić information content (AvgIpc) is 2.90. The number of rotatable bonds is 5. The van der Waals surface area contributed by atoms with Gasteiger partial charge in [-0.15, -0.1) is 22.7 Å². The number of hydrogen-bond donors (Lipinski definition) is 2. The third-order valence-corrected chi connectivity index (χ3v) is 3.69. The highest BCUT2D eigenvalue weighted by atomic mass is 32.1. The molecule has 2 aromatic rings. The summed E-state index contributed by atoms with van der Waals surface area (Å²) in [5.41, 5.74) is 3.77. The summed E-state index contributed by atoms with van der Waals surface area (Å²) in [6.07, 6.45) is 0. The number of aromatic nitrogens is 1. The number of thiazole rings is 1. The molecule has 0 radical (unpaired) electrons. The Hall–Kier alpha value is -1.24. The summed E-state index contributed by atoms with van der Waals surface area (Å²) in [4.78, 5) is 16.3. The second-order valence-electron chi connectivity index (χ2n) is 3.52. The Balaban J connectivity index is 1.86. The van der Waals surface area contributed by atoms with Crippen molar-refractivity contribution in [3.05, 3.63) is 32.9 Å². The molecule has 90 valence electrons. The zero-order valence-corrected chi connectivity index (χ0v) is 11.0. The van der Waals surface area contributed by atoms with E-state index in [-0.39, 0.29) is 5.91 Å². The number of amides is 1. The van der Waals surface area contributed by atoms with Crippen molar-refractivity contribution in [1.82, 2.24) is 10.3 Å². The number of anilines is 1. The average molecular weight is 267 g/mol. The van der Waals surface area contributed by atoms with Crippen LogP contribution in [0.15, 0.2) is 22.3 Å². The Morgan fingerprint density at radius 3 is 3.06 bits per heavy atom. The number of thiophene rings is 1. The monoisotopic (exact) mass is 267 g/mol. The van der Waals surface area contributed by atoms with Crippen LogP contribution in [0.2, 0.25) is 0 Å². The highest BCUT2D eigenvalue weighted by molar-refractivity contribution is 7.10. The van der Waals surface area contributed by atoms with E-state index in [1.165, 1.54) is 6.92 Å². The molecule has 0 atom stereocenters. The van der Waals surface area contributed by atoms with Crippen molar-refractivity contribution in [3.8, 4) is 0 Å². The normalized spacial score (nSPS) is 10.4. The maximum atomic E-state index is 11.0. The minimum absolute atomic E-state index is 0.0378. The van der Waals surface area contributed by atoms with Crippen LogP contribution < -0.4 is 10.6 Å². The first-order chi connectivity index (χ1) is 8.25. The number of hydrogen-bond acceptors (Lipinski definition) is 5. The van der Waals surface area contributed by atoms with E-state index < -0.39 is 0 Å². The van der Waals surface area contributed by atoms with Crippen molar-refractivity contribution < 1.29 is 4.79 Å². The highest BCUT2D eigenvalue weighted by Gasteiger charge is 2.05. The van der Waals surface area contributed by atoms with Gasteiger partial charge in [-0.2, -0.15) is 0 Å². The standard InChI is InChI=1S/C11H13N3OS2/c1-8(15)14-10-2-3-17-11(10)5-12-4-9-6-16-7-13-9/h2-3,6-7,12H,4-5H2,1H3,(H,14,15). The summed E-state index contributed by atoms with van der Waals surface area (Å²) in [6.45, 7) is 3.01. The van der Waals surface area contributed by atoms with E-state index in [9.17, 15) is 4.79 Å². The molecule has 0 spiro atoms. The molecule has 17 heavy (non-hydrogen) atoms. The fourth-order valence-corrected chi connectivity index (χ4v) is 2.77. The van der Waals surface area contributed by atoms with Crippen LogP contribution in [0, 0.1) is 0 Å². The predicted molar refractivity (Wildman–Crippen MR) is 71.3 cm³/mol. The van der Waals surface area contributed by atoms with Crippen molar-refractivity contribution in [2.45, 2.75) is 20.0 Å². The van der Waals surface area contributed by atoms with Gasteiger partial charge in [0, 0.05) is 30.3 Å². The van der Waals surface area contributed by atoms with E-state index in [4.69, 9.17) is 0 Å². The third kappa shape index (κ3) is 3.62. The Labute approximate surface area is 108 Å². The maximum Gasteiger partial charge on any atom is 0.221 e. The molecular weight excluding hydrogens is 254 g/mol. The molecule has 6 heteroatoms. The number of carbonyl (C=O) groups excluding carboxylic acids is 1. The van der Waals surface area contributed by atoms with Gasteiger partial charge in [-0.3, -0.25) is 4.79 Å². The van der Waals surface area contributed by atoms with E-state index in [2.05, 4.69) is 15.6 Å². The lowest BCUT2D eigenvalue weighted by Gasteiger charge is -2.05. The Morgan fingerprint density at radius 1 is 1.47 bits per heavy atom. The van der Waals surface area contributed by atoms with Crippen LogP contribution in [0.25, 0.3) is 0 Å². The highest BCUT2D eigenvalue weighted by Crippen LogP contribution is 2.22. The number of nitrogens with zero attached hydrogens (tertiary/aromatic N) is 1. The molecule has 0 fully saturated rings. The van der Waals surface area contributed by atoms with Crippen molar-refractivity contribution in [2.75, 3.05) is 5.32 Å². The van der Waals surface area contributed by atoms with Crippen molar-refractivity contribution in [1.29, 1.82) is 0 Å². The first-order valence-electron chi connectivity index (χ1n) is 5.17. The SMILES string of the molecule is CC(=O)Nc1ccsc1CNCc1cscn1. The molecule has 0 bridgehead atoms. The Morgan fingerprint density at radius 2 is 2.35 bits per heavy atom. The fraction of sp³-hybridized carbons (Fsp3) is 0.273. The Bertz CT molecular complexity index is 479. The molecule has 2 N–H and O–H groups in total. The number of carbonyl (C=O) groups is 1. The molecule has 0 saturated carbocycles. The van der Waals surface area contributed by atoms with Gasteiger partial charge >= 0.3 is 0 Å². The van der Waals surface area contributed by atoms with Gasteiger partial charge in [-0.05, 0) is 11.4 Å².